The second-order valence-corrected chi connectivity index (χ2v) is 9.91. The molecule has 160 valence electrons. The highest BCUT2D eigenvalue weighted by molar-refractivity contribution is 5.84. The zero-order valence-electron chi connectivity index (χ0n) is 17.9. The predicted molar refractivity (Wildman–Crippen MR) is 112 cm³/mol. The van der Waals surface area contributed by atoms with E-state index in [1.54, 1.807) is 6.20 Å². The molecule has 1 aromatic rings. The number of rotatable bonds is 3. The minimum Gasteiger partial charge on any atom is -0.381 e. The van der Waals surface area contributed by atoms with Gasteiger partial charge in [-0.25, -0.2) is 0 Å². The zero-order chi connectivity index (χ0) is 20.7. The molecular weight excluding hydrogens is 376 g/mol. The highest BCUT2D eigenvalue weighted by Gasteiger charge is 2.56. The van der Waals surface area contributed by atoms with E-state index in [1.165, 1.54) is 12.8 Å². The fourth-order valence-corrected chi connectivity index (χ4v) is 6.52. The Hall–Kier alpha value is -1.97. The van der Waals surface area contributed by atoms with Crippen molar-refractivity contribution in [3.63, 3.8) is 0 Å². The third kappa shape index (κ3) is 3.42. The van der Waals surface area contributed by atoms with Crippen LogP contribution >= 0.6 is 0 Å². The van der Waals surface area contributed by atoms with Crippen molar-refractivity contribution in [1.82, 2.24) is 15.2 Å². The van der Waals surface area contributed by atoms with E-state index < -0.39 is 0 Å². The van der Waals surface area contributed by atoms with Gasteiger partial charge in [-0.1, -0.05) is 13.3 Å². The smallest absolute Gasteiger partial charge is 0.229 e. The number of hydrogen-bond acceptors (Lipinski definition) is 5. The third-order valence-electron chi connectivity index (χ3n) is 8.11. The second-order valence-electron chi connectivity index (χ2n) is 9.91. The van der Waals surface area contributed by atoms with Gasteiger partial charge >= 0.3 is 0 Å². The van der Waals surface area contributed by atoms with Crippen molar-refractivity contribution in [3.05, 3.63) is 29.1 Å². The summed E-state index contributed by atoms with van der Waals surface area (Å²) in [5, 5.41) is 13.1. The molecule has 2 aliphatic carbocycles. The first kappa shape index (κ1) is 20.0. The lowest BCUT2D eigenvalue weighted by molar-refractivity contribution is -0.144. The van der Waals surface area contributed by atoms with E-state index in [2.05, 4.69) is 28.2 Å². The van der Waals surface area contributed by atoms with Crippen LogP contribution in [0.5, 0.6) is 0 Å². The highest BCUT2D eigenvalue weighted by Crippen LogP contribution is 2.55. The number of carbonyl (C=O) groups excluding carboxylic acids is 1. The van der Waals surface area contributed by atoms with Crippen molar-refractivity contribution < 1.29 is 9.53 Å². The Morgan fingerprint density at radius 1 is 1.43 bits per heavy atom. The molecule has 1 N–H and O–H groups in total. The average Bonchev–Trinajstić information content (AvgIpc) is 3.32. The number of carbonyl (C=O) groups is 1. The molecule has 0 aromatic carbocycles. The van der Waals surface area contributed by atoms with Gasteiger partial charge in [0.05, 0.1) is 17.6 Å². The Kier molecular flexibility index (Phi) is 5.28. The molecule has 6 heteroatoms. The van der Waals surface area contributed by atoms with Gasteiger partial charge in [-0.05, 0) is 55.6 Å². The van der Waals surface area contributed by atoms with E-state index in [0.29, 0.717) is 41.9 Å². The van der Waals surface area contributed by atoms with Gasteiger partial charge in [0.1, 0.15) is 6.07 Å². The molecule has 0 unspecified atom stereocenters. The van der Waals surface area contributed by atoms with E-state index in [9.17, 15) is 10.1 Å². The predicted octanol–water partition coefficient (Wildman–Crippen LogP) is 2.80. The zero-order valence-corrected chi connectivity index (χ0v) is 17.9. The van der Waals surface area contributed by atoms with E-state index in [4.69, 9.17) is 4.74 Å². The third-order valence-corrected chi connectivity index (χ3v) is 8.11. The van der Waals surface area contributed by atoms with Gasteiger partial charge < -0.3 is 15.0 Å². The molecule has 1 saturated heterocycles. The summed E-state index contributed by atoms with van der Waals surface area (Å²) in [6.45, 7) is 5.29. The first-order valence-electron chi connectivity index (χ1n) is 11.6. The minimum absolute atomic E-state index is 0.191. The number of nitriles is 1. The molecule has 30 heavy (non-hydrogen) atoms. The van der Waals surface area contributed by atoms with Crippen LogP contribution < -0.4 is 5.32 Å². The topological polar surface area (TPSA) is 78.2 Å². The van der Waals surface area contributed by atoms with E-state index in [1.807, 2.05) is 6.07 Å². The van der Waals surface area contributed by atoms with E-state index in [0.717, 1.165) is 63.1 Å². The quantitative estimate of drug-likeness (QED) is 0.832. The van der Waals surface area contributed by atoms with Crippen molar-refractivity contribution in [2.75, 3.05) is 19.8 Å². The molecular formula is C24H32N4O2. The van der Waals surface area contributed by atoms with Gasteiger partial charge in [-0.2, -0.15) is 5.26 Å². The second kappa shape index (κ2) is 7.94. The monoisotopic (exact) mass is 408 g/mol. The maximum atomic E-state index is 13.9. The van der Waals surface area contributed by atoms with Crippen molar-refractivity contribution in [2.45, 2.75) is 70.5 Å². The summed E-state index contributed by atoms with van der Waals surface area (Å²) < 4.78 is 5.61. The maximum Gasteiger partial charge on any atom is 0.229 e. The molecule has 4 aliphatic rings. The standard InChI is InChI=1S/C24H32N4O2/c1-16-15-30-8-5-21(16)27-20-10-19-3-2-6-24(19,11-20)23(29)28-7-4-22-18(14-28)9-17(12-25)13-26-22/h9,13,16,19-21,27H,2-8,10-11,14-15H2,1H3/t16-,19-,20-,21-,24-/m1/s1. The molecule has 1 amide bonds. The first-order chi connectivity index (χ1) is 14.6. The molecule has 0 bridgehead atoms. The van der Waals surface area contributed by atoms with Crippen molar-refractivity contribution >= 4 is 5.91 Å². The molecule has 2 saturated carbocycles. The molecule has 5 rings (SSSR count). The number of hydrogen-bond donors (Lipinski definition) is 1. The average molecular weight is 409 g/mol. The highest BCUT2D eigenvalue weighted by atomic mass is 16.5. The van der Waals surface area contributed by atoms with Crippen LogP contribution in [0.4, 0.5) is 0 Å². The molecule has 3 heterocycles. The van der Waals surface area contributed by atoms with Crippen LogP contribution in [0.3, 0.4) is 0 Å². The lowest BCUT2D eigenvalue weighted by atomic mass is 9.78. The Morgan fingerprint density at radius 2 is 2.33 bits per heavy atom. The maximum absolute atomic E-state index is 13.9. The number of nitrogens with one attached hydrogen (secondary N) is 1. The van der Waals surface area contributed by atoms with E-state index >= 15 is 0 Å². The summed E-state index contributed by atoms with van der Waals surface area (Å²) in [5.41, 5.74) is 2.47. The van der Waals surface area contributed by atoms with Crippen molar-refractivity contribution in [2.24, 2.45) is 17.3 Å². The van der Waals surface area contributed by atoms with Gasteiger partial charge in [0, 0.05) is 50.1 Å². The van der Waals surface area contributed by atoms with Crippen LogP contribution in [0.15, 0.2) is 12.3 Å². The fourth-order valence-electron chi connectivity index (χ4n) is 6.52. The van der Waals surface area contributed by atoms with Crippen molar-refractivity contribution in [1.29, 1.82) is 5.26 Å². The molecule has 6 nitrogen and oxygen atoms in total. The van der Waals surface area contributed by atoms with Crippen LogP contribution in [-0.4, -0.2) is 47.6 Å². The number of fused-ring (bicyclic) bond motifs is 2. The van der Waals surface area contributed by atoms with E-state index in [-0.39, 0.29) is 5.41 Å². The van der Waals surface area contributed by atoms with Gasteiger partial charge in [0.15, 0.2) is 0 Å². The lowest BCUT2D eigenvalue weighted by Crippen LogP contribution is -2.48. The van der Waals surface area contributed by atoms with Crippen LogP contribution in [0.25, 0.3) is 0 Å². The normalized spacial score (nSPS) is 35.5. The van der Waals surface area contributed by atoms with Crippen LogP contribution in [0.2, 0.25) is 0 Å². The fraction of sp³-hybridized carbons (Fsp3) is 0.708. The first-order valence-corrected chi connectivity index (χ1v) is 11.6. The summed E-state index contributed by atoms with van der Waals surface area (Å²) in [5.74, 6) is 1.39. The Balaban J connectivity index is 1.31. The number of nitrogens with zero attached hydrogens (tertiary/aromatic N) is 3. The summed E-state index contributed by atoms with van der Waals surface area (Å²) in [6.07, 6.45) is 8.97. The molecule has 0 radical (unpaired) electrons. The molecule has 3 fully saturated rings. The van der Waals surface area contributed by atoms with Crippen LogP contribution in [0, 0.1) is 28.6 Å². The summed E-state index contributed by atoms with van der Waals surface area (Å²) in [7, 11) is 0. The summed E-state index contributed by atoms with van der Waals surface area (Å²) in [4.78, 5) is 20.4. The molecule has 2 aliphatic heterocycles. The largest absolute Gasteiger partial charge is 0.381 e. The Labute approximate surface area is 179 Å². The van der Waals surface area contributed by atoms with Gasteiger partial charge in [0.2, 0.25) is 5.91 Å². The minimum atomic E-state index is -0.191. The Morgan fingerprint density at radius 3 is 3.17 bits per heavy atom. The summed E-state index contributed by atoms with van der Waals surface area (Å²) in [6, 6.07) is 5.04. The van der Waals surface area contributed by atoms with Gasteiger partial charge in [-0.15, -0.1) is 0 Å². The summed E-state index contributed by atoms with van der Waals surface area (Å²) >= 11 is 0. The molecule has 0 spiro atoms. The SMILES string of the molecule is C[C@@H]1COCC[C@H]1N[C@@H]1C[C@H]2CCC[C@@]2(C(=O)N2CCc3ncc(C#N)cc3C2)C1. The number of aromatic nitrogens is 1. The lowest BCUT2D eigenvalue weighted by Gasteiger charge is -2.37. The number of ether oxygens (including phenoxy) is 1. The molecule has 1 aromatic heterocycles. The molecule has 5 atom stereocenters. The number of amides is 1. The van der Waals surface area contributed by atoms with Crippen LogP contribution in [-0.2, 0) is 22.5 Å². The number of pyridine rings is 1. The van der Waals surface area contributed by atoms with Crippen LogP contribution in [0.1, 0.15) is 62.3 Å². The van der Waals surface area contributed by atoms with Gasteiger partial charge in [-0.3, -0.25) is 9.78 Å². The van der Waals surface area contributed by atoms with Crippen molar-refractivity contribution in [3.8, 4) is 6.07 Å². The Bertz CT molecular complexity index is 865. The van der Waals surface area contributed by atoms with Gasteiger partial charge in [0.25, 0.3) is 0 Å².